The summed E-state index contributed by atoms with van der Waals surface area (Å²) < 4.78 is 18.5. The molecule has 0 aromatic heterocycles. The van der Waals surface area contributed by atoms with Crippen LogP contribution in [-0.2, 0) is 38.1 Å². The highest BCUT2D eigenvalue weighted by molar-refractivity contribution is 5.86. The normalized spacial score (nSPS) is 10.3. The Morgan fingerprint density at radius 2 is 0.933 bits per heavy atom. The third-order valence-corrected chi connectivity index (χ3v) is 2.72. The summed E-state index contributed by atoms with van der Waals surface area (Å²) in [6, 6.07) is 3.48. The van der Waals surface area contributed by atoms with E-state index in [4.69, 9.17) is 10.5 Å². The van der Waals surface area contributed by atoms with Gasteiger partial charge in [-0.3, -0.25) is 9.59 Å². The van der Waals surface area contributed by atoms with E-state index < -0.39 is 23.9 Å². The summed E-state index contributed by atoms with van der Waals surface area (Å²) in [7, 11) is 0. The Morgan fingerprint density at radius 1 is 0.633 bits per heavy atom. The standard InChI is InChI=1S/2C10H13NO4/c2*1-3-14-9(12)5-8(7-11)6-10(13)15-4-2/h2*5H,3-4,6H2,1-2H3. The monoisotopic (exact) mass is 422 g/mol. The van der Waals surface area contributed by atoms with Crippen molar-refractivity contribution >= 4 is 23.9 Å². The van der Waals surface area contributed by atoms with Crippen molar-refractivity contribution in [1.29, 1.82) is 10.5 Å². The summed E-state index contributed by atoms with van der Waals surface area (Å²) >= 11 is 0. The zero-order valence-corrected chi connectivity index (χ0v) is 17.6. The molecule has 0 fully saturated rings. The van der Waals surface area contributed by atoms with Gasteiger partial charge in [0.2, 0.25) is 0 Å². The molecule has 0 bridgehead atoms. The second-order valence-electron chi connectivity index (χ2n) is 5.03. The molecule has 0 radical (unpaired) electrons. The number of esters is 4. The lowest BCUT2D eigenvalue weighted by Gasteiger charge is -2.00. The number of carbonyl (C=O) groups excluding carboxylic acids is 4. The van der Waals surface area contributed by atoms with Crippen LogP contribution in [0, 0.1) is 22.7 Å². The van der Waals surface area contributed by atoms with E-state index in [1.54, 1.807) is 39.8 Å². The van der Waals surface area contributed by atoms with E-state index in [1.165, 1.54) is 0 Å². The van der Waals surface area contributed by atoms with Crippen LogP contribution in [0.1, 0.15) is 40.5 Å². The van der Waals surface area contributed by atoms with Gasteiger partial charge < -0.3 is 18.9 Å². The van der Waals surface area contributed by atoms with Gasteiger partial charge in [-0.1, -0.05) is 0 Å². The minimum atomic E-state index is -0.627. The SMILES string of the molecule is CCOC(=O)C=C(C#N)CC(=O)OCC.CCOC(=O)C=C(C#N)CC(=O)OCC. The first-order valence-electron chi connectivity index (χ1n) is 9.13. The van der Waals surface area contributed by atoms with Gasteiger partial charge in [0, 0.05) is 23.3 Å². The zero-order chi connectivity index (χ0) is 23.4. The van der Waals surface area contributed by atoms with E-state index in [0.29, 0.717) is 0 Å². The van der Waals surface area contributed by atoms with Crippen LogP contribution >= 0.6 is 0 Å². The van der Waals surface area contributed by atoms with Gasteiger partial charge in [-0.2, -0.15) is 10.5 Å². The van der Waals surface area contributed by atoms with Crippen LogP contribution in [-0.4, -0.2) is 50.3 Å². The second-order valence-corrected chi connectivity index (χ2v) is 5.03. The van der Waals surface area contributed by atoms with Gasteiger partial charge >= 0.3 is 23.9 Å². The Morgan fingerprint density at radius 3 is 1.17 bits per heavy atom. The van der Waals surface area contributed by atoms with Gasteiger partial charge in [0.05, 0.1) is 51.4 Å². The maximum Gasteiger partial charge on any atom is 0.331 e. The van der Waals surface area contributed by atoms with Crippen LogP contribution in [0.2, 0.25) is 0 Å². The molecule has 0 aromatic carbocycles. The average Bonchev–Trinajstić information content (AvgIpc) is 2.68. The van der Waals surface area contributed by atoms with Crippen LogP contribution in [0.25, 0.3) is 0 Å². The molecule has 0 unspecified atom stereocenters. The van der Waals surface area contributed by atoms with Crippen molar-refractivity contribution in [2.75, 3.05) is 26.4 Å². The molecule has 0 spiro atoms. The molecule has 164 valence electrons. The van der Waals surface area contributed by atoms with Crippen LogP contribution in [0.5, 0.6) is 0 Å². The minimum absolute atomic E-state index is 0.0342. The predicted octanol–water partition coefficient (Wildman–Crippen LogP) is 1.91. The Balaban J connectivity index is 0. The third kappa shape index (κ3) is 16.5. The molecule has 0 saturated heterocycles. The fraction of sp³-hybridized carbons (Fsp3) is 0.500. The van der Waals surface area contributed by atoms with Crippen LogP contribution in [0.4, 0.5) is 0 Å². The highest BCUT2D eigenvalue weighted by atomic mass is 16.5. The highest BCUT2D eigenvalue weighted by Crippen LogP contribution is 2.03. The molecule has 0 N–H and O–H groups in total. The van der Waals surface area contributed by atoms with E-state index in [2.05, 4.69) is 18.9 Å². The summed E-state index contributed by atoms with van der Waals surface area (Å²) in [6.45, 7) is 7.60. The molecule has 0 amide bonds. The molecule has 0 aliphatic carbocycles. The summed E-state index contributed by atoms with van der Waals surface area (Å²) in [6.07, 6.45) is 1.59. The first kappa shape index (κ1) is 28.5. The van der Waals surface area contributed by atoms with E-state index >= 15 is 0 Å². The van der Waals surface area contributed by atoms with Crippen molar-refractivity contribution in [1.82, 2.24) is 0 Å². The van der Waals surface area contributed by atoms with Gasteiger partial charge in [0.1, 0.15) is 0 Å². The van der Waals surface area contributed by atoms with Crippen molar-refractivity contribution in [2.45, 2.75) is 40.5 Å². The van der Waals surface area contributed by atoms with Gasteiger partial charge in [0.15, 0.2) is 0 Å². The smallest absolute Gasteiger partial charge is 0.331 e. The largest absolute Gasteiger partial charge is 0.466 e. The summed E-state index contributed by atoms with van der Waals surface area (Å²) in [5, 5.41) is 17.3. The van der Waals surface area contributed by atoms with Crippen molar-refractivity contribution < 1.29 is 38.1 Å². The molecule has 30 heavy (non-hydrogen) atoms. The van der Waals surface area contributed by atoms with Gasteiger partial charge in [-0.15, -0.1) is 0 Å². The Bertz CT molecular complexity index is 664. The topological polar surface area (TPSA) is 153 Å². The Hall–Kier alpha value is -3.66. The van der Waals surface area contributed by atoms with E-state index in [0.717, 1.165) is 12.2 Å². The predicted molar refractivity (Wildman–Crippen MR) is 103 cm³/mol. The fourth-order valence-electron chi connectivity index (χ4n) is 1.63. The second kappa shape index (κ2) is 18.7. The molecule has 0 aliphatic heterocycles. The molecular formula is C20H26N2O8. The number of rotatable bonds is 10. The lowest BCUT2D eigenvalue weighted by atomic mass is 10.2. The number of nitrogens with zero attached hydrogens (tertiary/aromatic N) is 2. The number of hydrogen-bond acceptors (Lipinski definition) is 10. The molecule has 0 saturated carbocycles. The molecule has 0 aliphatic rings. The van der Waals surface area contributed by atoms with Gasteiger partial charge in [-0.25, -0.2) is 9.59 Å². The van der Waals surface area contributed by atoms with Gasteiger partial charge in [-0.05, 0) is 27.7 Å². The quantitative estimate of drug-likeness (QED) is 0.221. The molecule has 10 heteroatoms. The van der Waals surface area contributed by atoms with E-state index in [1.807, 2.05) is 0 Å². The lowest BCUT2D eigenvalue weighted by Crippen LogP contribution is -2.07. The number of hydrogen-bond donors (Lipinski definition) is 0. The summed E-state index contributed by atoms with van der Waals surface area (Å²) in [4.78, 5) is 43.9. The summed E-state index contributed by atoms with van der Waals surface area (Å²) in [5.74, 6) is -2.32. The number of ether oxygens (including phenoxy) is 4. The first-order valence-corrected chi connectivity index (χ1v) is 9.13. The number of nitriles is 2. The Labute approximate surface area is 175 Å². The molecule has 0 rings (SSSR count). The van der Waals surface area contributed by atoms with E-state index in [-0.39, 0.29) is 50.4 Å². The molecular weight excluding hydrogens is 396 g/mol. The van der Waals surface area contributed by atoms with Crippen LogP contribution in [0.15, 0.2) is 23.3 Å². The first-order chi connectivity index (χ1) is 14.3. The van der Waals surface area contributed by atoms with Gasteiger partial charge in [0.25, 0.3) is 0 Å². The third-order valence-electron chi connectivity index (χ3n) is 2.72. The molecule has 0 heterocycles. The average molecular weight is 422 g/mol. The van der Waals surface area contributed by atoms with Crippen molar-refractivity contribution in [2.24, 2.45) is 0 Å². The minimum Gasteiger partial charge on any atom is -0.466 e. The van der Waals surface area contributed by atoms with Crippen LogP contribution in [0.3, 0.4) is 0 Å². The lowest BCUT2D eigenvalue weighted by molar-refractivity contribution is -0.143. The Kier molecular flexibility index (Phi) is 17.8. The molecule has 0 atom stereocenters. The molecule has 0 aromatic rings. The zero-order valence-electron chi connectivity index (χ0n) is 17.6. The van der Waals surface area contributed by atoms with Crippen molar-refractivity contribution in [3.63, 3.8) is 0 Å². The van der Waals surface area contributed by atoms with Crippen LogP contribution < -0.4 is 0 Å². The maximum atomic E-state index is 11.0. The number of carbonyl (C=O) groups is 4. The van der Waals surface area contributed by atoms with Crippen molar-refractivity contribution in [3.05, 3.63) is 23.3 Å². The van der Waals surface area contributed by atoms with Crippen molar-refractivity contribution in [3.8, 4) is 12.1 Å². The fourth-order valence-corrected chi connectivity index (χ4v) is 1.63. The highest BCUT2D eigenvalue weighted by Gasteiger charge is 2.09. The van der Waals surface area contributed by atoms with E-state index in [9.17, 15) is 19.2 Å². The molecule has 10 nitrogen and oxygen atoms in total. The summed E-state index contributed by atoms with van der Waals surface area (Å²) in [5.41, 5.74) is 0.0683. The maximum absolute atomic E-state index is 11.0.